The van der Waals surface area contributed by atoms with E-state index in [-0.39, 0.29) is 11.4 Å². The van der Waals surface area contributed by atoms with Gasteiger partial charge < -0.3 is 10.3 Å². The van der Waals surface area contributed by atoms with Crippen molar-refractivity contribution in [3.8, 4) is 0 Å². The molecule has 0 fully saturated rings. The van der Waals surface area contributed by atoms with Crippen LogP contribution < -0.4 is 11.3 Å². The van der Waals surface area contributed by atoms with Crippen molar-refractivity contribution in [2.45, 2.75) is 5.16 Å². The van der Waals surface area contributed by atoms with E-state index in [1.807, 2.05) is 6.26 Å². The Kier molecular flexibility index (Phi) is 2.36. The molecule has 5 nitrogen and oxygen atoms in total. The largest absolute Gasteiger partial charge is 0.383 e. The van der Waals surface area contributed by atoms with Crippen molar-refractivity contribution in [2.75, 3.05) is 12.0 Å². The number of aryl methyl sites for hydroxylation is 1. The fourth-order valence-electron chi connectivity index (χ4n) is 1.33. The molecule has 2 aromatic rings. The summed E-state index contributed by atoms with van der Waals surface area (Å²) in [6.07, 6.45) is 3.53. The van der Waals surface area contributed by atoms with Crippen molar-refractivity contribution in [1.82, 2.24) is 14.5 Å². The molecule has 0 unspecified atom stereocenters. The second-order valence-electron chi connectivity index (χ2n) is 3.09. The van der Waals surface area contributed by atoms with Crippen molar-refractivity contribution in [3.05, 3.63) is 22.6 Å². The van der Waals surface area contributed by atoms with E-state index in [0.717, 1.165) is 0 Å². The van der Waals surface area contributed by atoms with Crippen LogP contribution in [0.15, 0.2) is 22.2 Å². The van der Waals surface area contributed by atoms with E-state index in [4.69, 9.17) is 5.73 Å². The van der Waals surface area contributed by atoms with Crippen LogP contribution in [0, 0.1) is 0 Å². The minimum Gasteiger partial charge on any atom is -0.383 e. The molecule has 0 spiro atoms. The van der Waals surface area contributed by atoms with Crippen LogP contribution in [0.4, 0.5) is 5.82 Å². The fourth-order valence-corrected chi connectivity index (χ4v) is 1.71. The molecule has 0 atom stereocenters. The number of hydrogen-bond acceptors (Lipinski definition) is 5. The minimum absolute atomic E-state index is 0.169. The molecule has 2 heterocycles. The molecule has 2 N–H and O–H groups in total. The Morgan fingerprint density at radius 1 is 1.47 bits per heavy atom. The van der Waals surface area contributed by atoms with E-state index >= 15 is 0 Å². The lowest BCUT2D eigenvalue weighted by Gasteiger charge is -2.04. The molecule has 0 aliphatic rings. The van der Waals surface area contributed by atoms with Crippen LogP contribution >= 0.6 is 11.8 Å². The lowest BCUT2D eigenvalue weighted by molar-refractivity contribution is 0.867. The first-order valence-electron chi connectivity index (χ1n) is 4.30. The normalized spacial score (nSPS) is 10.8. The summed E-state index contributed by atoms with van der Waals surface area (Å²) in [6, 6.07) is 1.76. The van der Waals surface area contributed by atoms with Gasteiger partial charge in [0, 0.05) is 13.2 Å². The zero-order chi connectivity index (χ0) is 11.0. The summed E-state index contributed by atoms with van der Waals surface area (Å²) in [5.74, 6) is 0.241. The molecular formula is C9H10N4OS. The van der Waals surface area contributed by atoms with Gasteiger partial charge in [0.2, 0.25) is 0 Å². The van der Waals surface area contributed by atoms with E-state index in [9.17, 15) is 4.79 Å². The second kappa shape index (κ2) is 3.54. The quantitative estimate of drug-likeness (QED) is 0.566. The maximum Gasteiger partial charge on any atom is 0.263 e. The number of anilines is 1. The van der Waals surface area contributed by atoms with Crippen molar-refractivity contribution in [3.63, 3.8) is 0 Å². The van der Waals surface area contributed by atoms with Gasteiger partial charge in [0.1, 0.15) is 11.2 Å². The third kappa shape index (κ3) is 1.56. The molecule has 2 aromatic heterocycles. The van der Waals surface area contributed by atoms with E-state index < -0.39 is 0 Å². The molecule has 0 aliphatic carbocycles. The summed E-state index contributed by atoms with van der Waals surface area (Å²) in [4.78, 5) is 20.0. The van der Waals surface area contributed by atoms with Crippen LogP contribution in [0.3, 0.4) is 0 Å². The van der Waals surface area contributed by atoms with Gasteiger partial charge in [-0.15, -0.1) is 0 Å². The van der Waals surface area contributed by atoms with E-state index in [1.54, 1.807) is 19.3 Å². The first kappa shape index (κ1) is 9.97. The molecule has 78 valence electrons. The summed E-state index contributed by atoms with van der Waals surface area (Å²) in [5.41, 5.74) is 6.15. The predicted molar refractivity (Wildman–Crippen MR) is 61.0 cm³/mol. The smallest absolute Gasteiger partial charge is 0.263 e. The monoisotopic (exact) mass is 222 g/mol. The Labute approximate surface area is 90.3 Å². The molecule has 0 amide bonds. The lowest BCUT2D eigenvalue weighted by Crippen LogP contribution is -2.18. The van der Waals surface area contributed by atoms with Gasteiger partial charge in [0.05, 0.1) is 5.52 Å². The number of nitrogens with two attached hydrogens (primary N) is 1. The topological polar surface area (TPSA) is 73.8 Å². The van der Waals surface area contributed by atoms with Gasteiger partial charge in [-0.3, -0.25) is 4.79 Å². The maximum atomic E-state index is 11.7. The molecular weight excluding hydrogens is 212 g/mol. The van der Waals surface area contributed by atoms with Crippen LogP contribution in [0.2, 0.25) is 0 Å². The first-order valence-corrected chi connectivity index (χ1v) is 5.53. The molecule has 0 saturated carbocycles. The van der Waals surface area contributed by atoms with Gasteiger partial charge in [-0.1, -0.05) is 11.8 Å². The average molecular weight is 222 g/mol. The van der Waals surface area contributed by atoms with E-state index in [1.165, 1.54) is 16.3 Å². The zero-order valence-corrected chi connectivity index (χ0v) is 9.21. The highest BCUT2D eigenvalue weighted by Crippen LogP contribution is 2.17. The van der Waals surface area contributed by atoms with Crippen molar-refractivity contribution in [2.24, 2.45) is 7.05 Å². The Balaban J connectivity index is 2.92. The summed E-state index contributed by atoms with van der Waals surface area (Å²) in [7, 11) is 1.67. The fraction of sp³-hybridized carbons (Fsp3) is 0.222. The SMILES string of the molecule is CSc1nc(N)c2c(=O)n(C)ccc2n1. The third-order valence-corrected chi connectivity index (χ3v) is 2.66. The Hall–Kier alpha value is -1.56. The van der Waals surface area contributed by atoms with Crippen LogP contribution in [-0.4, -0.2) is 20.8 Å². The molecule has 0 radical (unpaired) electrons. The zero-order valence-electron chi connectivity index (χ0n) is 8.39. The van der Waals surface area contributed by atoms with Crippen LogP contribution in [-0.2, 0) is 7.05 Å². The molecule has 0 aliphatic heterocycles. The van der Waals surface area contributed by atoms with Crippen LogP contribution in [0.5, 0.6) is 0 Å². The van der Waals surface area contributed by atoms with E-state index in [2.05, 4.69) is 9.97 Å². The van der Waals surface area contributed by atoms with Crippen LogP contribution in [0.25, 0.3) is 10.9 Å². The summed E-state index contributed by atoms with van der Waals surface area (Å²) in [5, 5.41) is 0.964. The number of aromatic nitrogens is 3. The summed E-state index contributed by atoms with van der Waals surface area (Å²) in [6.45, 7) is 0. The average Bonchev–Trinajstić information content (AvgIpc) is 2.23. The van der Waals surface area contributed by atoms with Crippen LogP contribution in [0.1, 0.15) is 0 Å². The number of fused-ring (bicyclic) bond motifs is 1. The number of nitrogens with zero attached hydrogens (tertiary/aromatic N) is 3. The number of rotatable bonds is 1. The Morgan fingerprint density at radius 3 is 2.87 bits per heavy atom. The predicted octanol–water partition coefficient (Wildman–Crippen LogP) is 0.633. The molecule has 0 saturated heterocycles. The highest BCUT2D eigenvalue weighted by Gasteiger charge is 2.08. The first-order chi connectivity index (χ1) is 7.13. The third-order valence-electron chi connectivity index (χ3n) is 2.12. The number of hydrogen-bond donors (Lipinski definition) is 1. The minimum atomic E-state index is -0.169. The molecule has 0 bridgehead atoms. The molecule has 2 rings (SSSR count). The Bertz CT molecular complexity index is 578. The van der Waals surface area contributed by atoms with Gasteiger partial charge in [-0.05, 0) is 12.3 Å². The van der Waals surface area contributed by atoms with Crippen molar-refractivity contribution < 1.29 is 0 Å². The van der Waals surface area contributed by atoms with Gasteiger partial charge >= 0.3 is 0 Å². The Morgan fingerprint density at radius 2 is 2.20 bits per heavy atom. The second-order valence-corrected chi connectivity index (χ2v) is 3.86. The highest BCUT2D eigenvalue weighted by molar-refractivity contribution is 7.98. The van der Waals surface area contributed by atoms with Gasteiger partial charge in [-0.2, -0.15) is 0 Å². The number of thioether (sulfide) groups is 1. The molecule has 0 aromatic carbocycles. The van der Waals surface area contributed by atoms with Gasteiger partial charge in [0.25, 0.3) is 5.56 Å². The summed E-state index contributed by atoms with van der Waals surface area (Å²) < 4.78 is 1.46. The lowest BCUT2D eigenvalue weighted by atomic mass is 10.3. The van der Waals surface area contributed by atoms with E-state index in [0.29, 0.717) is 16.1 Å². The van der Waals surface area contributed by atoms with Crippen molar-refractivity contribution >= 4 is 28.5 Å². The summed E-state index contributed by atoms with van der Waals surface area (Å²) >= 11 is 1.40. The number of pyridine rings is 1. The highest BCUT2D eigenvalue weighted by atomic mass is 32.2. The molecule has 6 heteroatoms. The standard InChI is InChI=1S/C9H10N4OS/c1-13-4-3-5-6(8(13)14)7(10)12-9(11-5)15-2/h3-4H,1-2H3,(H2,10,11,12). The van der Waals surface area contributed by atoms with Gasteiger partial charge in [0.15, 0.2) is 5.16 Å². The van der Waals surface area contributed by atoms with Crippen molar-refractivity contribution in [1.29, 1.82) is 0 Å². The maximum absolute atomic E-state index is 11.7. The number of nitrogen functional groups attached to an aromatic ring is 1. The molecule has 15 heavy (non-hydrogen) atoms. The van der Waals surface area contributed by atoms with Gasteiger partial charge in [-0.25, -0.2) is 9.97 Å².